The van der Waals surface area contributed by atoms with Crippen LogP contribution in [0.5, 0.6) is 0 Å². The Morgan fingerprint density at radius 3 is 2.88 bits per heavy atom. The van der Waals surface area contributed by atoms with Crippen molar-refractivity contribution in [3.05, 3.63) is 64.3 Å². The van der Waals surface area contributed by atoms with Gasteiger partial charge in [-0.05, 0) is 60.6 Å². The van der Waals surface area contributed by atoms with Crippen LogP contribution in [0.2, 0.25) is 5.02 Å². The van der Waals surface area contributed by atoms with E-state index in [2.05, 4.69) is 29.8 Å². The molecule has 1 unspecified atom stereocenters. The molecule has 0 radical (unpaired) electrons. The summed E-state index contributed by atoms with van der Waals surface area (Å²) in [5.74, 6) is -0.0402. The first-order valence-corrected chi connectivity index (χ1v) is 9.90. The summed E-state index contributed by atoms with van der Waals surface area (Å²) in [4.78, 5) is 14.1. The smallest absolute Gasteiger partial charge is 0.268 e. The molecule has 3 nitrogen and oxygen atoms in total. The van der Waals surface area contributed by atoms with Gasteiger partial charge in [-0.2, -0.15) is 0 Å². The van der Waals surface area contributed by atoms with Crippen LogP contribution >= 0.6 is 23.4 Å². The molecule has 0 saturated carbocycles. The number of halogens is 1. The van der Waals surface area contributed by atoms with E-state index in [0.717, 1.165) is 23.7 Å². The lowest BCUT2D eigenvalue weighted by atomic mass is 10.1. The Hall–Kier alpha value is -1.91. The standard InChI is InChI=1S/C20H19ClN2OS/c1-23-18-11-14(21)5-3-13(18)10-19(23)20(24)22-17-8-4-12-9-15(25-2)6-7-16(12)17/h3,5-7,9-11,17H,4,8H2,1-2H3,(H,22,24). The lowest BCUT2D eigenvalue weighted by molar-refractivity contribution is 0.0929. The highest BCUT2D eigenvalue weighted by molar-refractivity contribution is 7.98. The van der Waals surface area contributed by atoms with Crippen LogP contribution in [-0.2, 0) is 13.5 Å². The predicted octanol–water partition coefficient (Wildman–Crippen LogP) is 4.97. The van der Waals surface area contributed by atoms with E-state index >= 15 is 0 Å². The lowest BCUT2D eigenvalue weighted by Gasteiger charge is -2.15. The van der Waals surface area contributed by atoms with Gasteiger partial charge in [0.25, 0.3) is 5.91 Å². The van der Waals surface area contributed by atoms with Crippen molar-refractivity contribution in [3.63, 3.8) is 0 Å². The number of aromatic nitrogens is 1. The highest BCUT2D eigenvalue weighted by atomic mass is 35.5. The number of fused-ring (bicyclic) bond motifs is 2. The van der Waals surface area contributed by atoms with Crippen molar-refractivity contribution < 1.29 is 4.79 Å². The molecule has 1 heterocycles. The second kappa shape index (κ2) is 6.43. The summed E-state index contributed by atoms with van der Waals surface area (Å²) >= 11 is 7.83. The Kier molecular flexibility index (Phi) is 4.26. The van der Waals surface area contributed by atoms with E-state index in [1.807, 2.05) is 35.9 Å². The van der Waals surface area contributed by atoms with E-state index in [9.17, 15) is 4.79 Å². The fourth-order valence-electron chi connectivity index (χ4n) is 3.62. The quantitative estimate of drug-likeness (QED) is 0.660. The fraction of sp³-hybridized carbons (Fsp3) is 0.250. The third-order valence-corrected chi connectivity index (χ3v) is 5.93. The minimum Gasteiger partial charge on any atom is -0.344 e. The molecule has 128 valence electrons. The van der Waals surface area contributed by atoms with E-state index < -0.39 is 0 Å². The lowest BCUT2D eigenvalue weighted by Crippen LogP contribution is -2.28. The molecule has 0 aliphatic heterocycles. The van der Waals surface area contributed by atoms with Gasteiger partial charge >= 0.3 is 0 Å². The van der Waals surface area contributed by atoms with Crippen molar-refractivity contribution in [2.24, 2.45) is 7.05 Å². The molecule has 1 amide bonds. The van der Waals surface area contributed by atoms with Crippen molar-refractivity contribution in [2.45, 2.75) is 23.8 Å². The van der Waals surface area contributed by atoms with Gasteiger partial charge in [0, 0.05) is 27.9 Å². The van der Waals surface area contributed by atoms with Gasteiger partial charge in [-0.3, -0.25) is 4.79 Å². The van der Waals surface area contributed by atoms with E-state index in [4.69, 9.17) is 11.6 Å². The molecule has 1 atom stereocenters. The summed E-state index contributed by atoms with van der Waals surface area (Å²) in [6.07, 6.45) is 4.05. The van der Waals surface area contributed by atoms with E-state index in [1.54, 1.807) is 11.8 Å². The Morgan fingerprint density at radius 2 is 2.08 bits per heavy atom. The number of thioether (sulfide) groups is 1. The summed E-state index contributed by atoms with van der Waals surface area (Å²) in [5, 5.41) is 4.90. The summed E-state index contributed by atoms with van der Waals surface area (Å²) in [6, 6.07) is 14.2. The Balaban J connectivity index is 1.61. The van der Waals surface area contributed by atoms with Gasteiger partial charge in [0.2, 0.25) is 0 Å². The maximum atomic E-state index is 12.8. The van der Waals surface area contributed by atoms with Crippen molar-refractivity contribution in [2.75, 3.05) is 6.26 Å². The van der Waals surface area contributed by atoms with Crippen LogP contribution in [0.3, 0.4) is 0 Å². The number of amides is 1. The van der Waals surface area contributed by atoms with Crippen LogP contribution < -0.4 is 5.32 Å². The first-order valence-electron chi connectivity index (χ1n) is 8.29. The van der Waals surface area contributed by atoms with Crippen molar-refractivity contribution in [1.82, 2.24) is 9.88 Å². The number of carbonyl (C=O) groups is 1. The number of benzene rings is 2. The molecular formula is C20H19ClN2OS. The molecule has 1 aliphatic rings. The number of nitrogens with zero attached hydrogens (tertiary/aromatic N) is 1. The minimum atomic E-state index is -0.0402. The van der Waals surface area contributed by atoms with Gasteiger partial charge < -0.3 is 9.88 Å². The van der Waals surface area contributed by atoms with Crippen LogP contribution in [0, 0.1) is 0 Å². The zero-order valence-corrected chi connectivity index (χ0v) is 15.7. The van der Waals surface area contributed by atoms with Crippen molar-refractivity contribution in [1.29, 1.82) is 0 Å². The third-order valence-electron chi connectivity index (χ3n) is 4.97. The Bertz CT molecular complexity index is 979. The SMILES string of the molecule is CSc1ccc2c(c1)CCC2NC(=O)c1cc2ccc(Cl)cc2n1C. The zero-order valence-electron chi connectivity index (χ0n) is 14.2. The number of hydrogen-bond donors (Lipinski definition) is 1. The van der Waals surface area contributed by atoms with E-state index in [0.29, 0.717) is 10.7 Å². The number of nitrogens with one attached hydrogen (secondary N) is 1. The number of aryl methyl sites for hydroxylation is 2. The normalized spacial score (nSPS) is 16.2. The molecule has 4 rings (SSSR count). The molecule has 2 aromatic carbocycles. The topological polar surface area (TPSA) is 34.0 Å². The summed E-state index contributed by atoms with van der Waals surface area (Å²) in [5.41, 5.74) is 4.22. The molecular weight excluding hydrogens is 352 g/mol. The summed E-state index contributed by atoms with van der Waals surface area (Å²) < 4.78 is 1.91. The van der Waals surface area contributed by atoms with Crippen LogP contribution in [0.1, 0.15) is 34.1 Å². The molecule has 3 aromatic rings. The Morgan fingerprint density at radius 1 is 1.24 bits per heavy atom. The van der Waals surface area contributed by atoms with Gasteiger partial charge in [0.05, 0.1) is 6.04 Å². The maximum Gasteiger partial charge on any atom is 0.268 e. The van der Waals surface area contributed by atoms with Crippen molar-refractivity contribution in [3.8, 4) is 0 Å². The third kappa shape index (κ3) is 2.94. The highest BCUT2D eigenvalue weighted by Crippen LogP contribution is 2.34. The maximum absolute atomic E-state index is 12.8. The highest BCUT2D eigenvalue weighted by Gasteiger charge is 2.25. The first-order chi connectivity index (χ1) is 12.1. The van der Waals surface area contributed by atoms with Crippen LogP contribution in [0.25, 0.3) is 10.9 Å². The second-order valence-corrected chi connectivity index (χ2v) is 7.74. The largest absolute Gasteiger partial charge is 0.344 e. The van der Waals surface area contributed by atoms with E-state index in [1.165, 1.54) is 16.0 Å². The fourth-order valence-corrected chi connectivity index (χ4v) is 4.25. The molecule has 0 fully saturated rings. The summed E-state index contributed by atoms with van der Waals surface area (Å²) in [6.45, 7) is 0. The van der Waals surface area contributed by atoms with Gasteiger partial charge in [-0.15, -0.1) is 11.8 Å². The van der Waals surface area contributed by atoms with Gasteiger partial charge in [-0.1, -0.05) is 23.7 Å². The predicted molar refractivity (Wildman–Crippen MR) is 105 cm³/mol. The van der Waals surface area contributed by atoms with Gasteiger partial charge in [0.15, 0.2) is 0 Å². The molecule has 1 aromatic heterocycles. The van der Waals surface area contributed by atoms with Crippen LogP contribution in [0.15, 0.2) is 47.4 Å². The monoisotopic (exact) mass is 370 g/mol. The zero-order chi connectivity index (χ0) is 17.6. The molecule has 0 saturated heterocycles. The average Bonchev–Trinajstić information content (AvgIpc) is 3.16. The molecule has 1 aliphatic carbocycles. The van der Waals surface area contributed by atoms with E-state index in [-0.39, 0.29) is 11.9 Å². The van der Waals surface area contributed by atoms with Gasteiger partial charge in [-0.25, -0.2) is 0 Å². The molecule has 0 spiro atoms. The van der Waals surface area contributed by atoms with Crippen molar-refractivity contribution >= 4 is 40.2 Å². The van der Waals surface area contributed by atoms with Crippen LogP contribution in [0.4, 0.5) is 0 Å². The second-order valence-electron chi connectivity index (χ2n) is 6.42. The minimum absolute atomic E-state index is 0.0402. The molecule has 1 N–H and O–H groups in total. The van der Waals surface area contributed by atoms with Gasteiger partial charge in [0.1, 0.15) is 5.69 Å². The number of hydrogen-bond acceptors (Lipinski definition) is 2. The first kappa shape index (κ1) is 16.6. The summed E-state index contributed by atoms with van der Waals surface area (Å²) in [7, 11) is 1.90. The average molecular weight is 371 g/mol. The number of rotatable bonds is 3. The Labute approximate surface area is 156 Å². The van der Waals surface area contributed by atoms with Crippen LogP contribution in [-0.4, -0.2) is 16.7 Å². The molecule has 5 heteroatoms. The number of carbonyl (C=O) groups excluding carboxylic acids is 1. The molecule has 25 heavy (non-hydrogen) atoms. The molecule has 0 bridgehead atoms.